The minimum atomic E-state index is -4.86. The fraction of sp³-hybridized carbons (Fsp3) is 0.429. The standard InChI is InChI=1S/C7H8F3NO2/c1-3-13-6(12)4(2)5(11)7(8,9)10/h11H,2-3H2,1H3. The van der Waals surface area contributed by atoms with E-state index in [-0.39, 0.29) is 6.61 Å². The second kappa shape index (κ2) is 4.06. The number of esters is 1. The van der Waals surface area contributed by atoms with Crippen LogP contribution in [-0.2, 0) is 9.53 Å². The molecule has 0 aromatic carbocycles. The topological polar surface area (TPSA) is 50.2 Å². The molecular weight excluding hydrogens is 187 g/mol. The summed E-state index contributed by atoms with van der Waals surface area (Å²) in [5.41, 5.74) is -2.75. The van der Waals surface area contributed by atoms with Gasteiger partial charge in [-0.2, -0.15) is 13.2 Å². The molecule has 0 unspecified atom stereocenters. The van der Waals surface area contributed by atoms with Gasteiger partial charge in [0.05, 0.1) is 12.2 Å². The van der Waals surface area contributed by atoms with Gasteiger partial charge in [-0.1, -0.05) is 6.58 Å². The van der Waals surface area contributed by atoms with E-state index < -0.39 is 23.4 Å². The van der Waals surface area contributed by atoms with Gasteiger partial charge in [0.15, 0.2) is 0 Å². The second-order valence-electron chi connectivity index (χ2n) is 2.07. The number of alkyl halides is 3. The van der Waals surface area contributed by atoms with Crippen molar-refractivity contribution >= 4 is 11.7 Å². The predicted octanol–water partition coefficient (Wildman–Crippen LogP) is 1.69. The van der Waals surface area contributed by atoms with Crippen molar-refractivity contribution in [3.05, 3.63) is 12.2 Å². The molecule has 0 aromatic rings. The van der Waals surface area contributed by atoms with Gasteiger partial charge in [0.25, 0.3) is 0 Å². The Morgan fingerprint density at radius 1 is 1.54 bits per heavy atom. The molecule has 1 N–H and O–H groups in total. The fourth-order valence-electron chi connectivity index (χ4n) is 0.491. The summed E-state index contributed by atoms with van der Waals surface area (Å²) < 4.78 is 39.7. The molecule has 13 heavy (non-hydrogen) atoms. The number of ether oxygens (including phenoxy) is 1. The van der Waals surface area contributed by atoms with Crippen molar-refractivity contribution in [1.82, 2.24) is 0 Å². The van der Waals surface area contributed by atoms with Gasteiger partial charge in [0.1, 0.15) is 5.71 Å². The molecule has 0 aromatic heterocycles. The Morgan fingerprint density at radius 3 is 2.31 bits per heavy atom. The van der Waals surface area contributed by atoms with Gasteiger partial charge < -0.3 is 4.74 Å². The summed E-state index contributed by atoms with van der Waals surface area (Å²) in [5.74, 6) is -1.22. The van der Waals surface area contributed by atoms with E-state index in [1.54, 1.807) is 0 Å². The zero-order chi connectivity index (χ0) is 10.6. The molecule has 0 radical (unpaired) electrons. The highest BCUT2D eigenvalue weighted by Gasteiger charge is 2.38. The molecule has 0 aliphatic carbocycles. The van der Waals surface area contributed by atoms with E-state index in [0.717, 1.165) is 0 Å². The lowest BCUT2D eigenvalue weighted by molar-refractivity contribution is -0.138. The maximum Gasteiger partial charge on any atom is 0.433 e. The molecule has 0 bridgehead atoms. The van der Waals surface area contributed by atoms with Crippen molar-refractivity contribution in [2.45, 2.75) is 13.1 Å². The van der Waals surface area contributed by atoms with Crippen molar-refractivity contribution < 1.29 is 22.7 Å². The third-order valence-electron chi connectivity index (χ3n) is 1.11. The van der Waals surface area contributed by atoms with Gasteiger partial charge in [-0.3, -0.25) is 5.41 Å². The van der Waals surface area contributed by atoms with Crippen molar-refractivity contribution in [2.75, 3.05) is 6.61 Å². The Bertz CT molecular complexity index is 245. The lowest BCUT2D eigenvalue weighted by Gasteiger charge is -2.09. The highest BCUT2D eigenvalue weighted by Crippen LogP contribution is 2.20. The monoisotopic (exact) mass is 195 g/mol. The van der Waals surface area contributed by atoms with Crippen molar-refractivity contribution in [1.29, 1.82) is 5.41 Å². The van der Waals surface area contributed by atoms with E-state index in [9.17, 15) is 18.0 Å². The number of hydrogen-bond donors (Lipinski definition) is 1. The summed E-state index contributed by atoms with van der Waals surface area (Å²) >= 11 is 0. The minimum absolute atomic E-state index is 0.0526. The molecule has 0 heterocycles. The number of hydrogen-bond acceptors (Lipinski definition) is 3. The van der Waals surface area contributed by atoms with Gasteiger partial charge >= 0.3 is 12.1 Å². The zero-order valence-corrected chi connectivity index (χ0v) is 6.86. The molecule has 0 saturated carbocycles. The van der Waals surface area contributed by atoms with E-state index >= 15 is 0 Å². The summed E-state index contributed by atoms with van der Waals surface area (Å²) in [5, 5.41) is 6.53. The summed E-state index contributed by atoms with van der Waals surface area (Å²) in [4.78, 5) is 10.7. The first-order valence-corrected chi connectivity index (χ1v) is 3.32. The van der Waals surface area contributed by atoms with Crippen LogP contribution in [0.15, 0.2) is 12.2 Å². The number of nitrogens with one attached hydrogen (secondary N) is 1. The van der Waals surface area contributed by atoms with Gasteiger partial charge in [-0.25, -0.2) is 4.79 Å². The van der Waals surface area contributed by atoms with E-state index in [4.69, 9.17) is 5.41 Å². The van der Waals surface area contributed by atoms with Crippen LogP contribution < -0.4 is 0 Å². The van der Waals surface area contributed by atoms with E-state index in [2.05, 4.69) is 11.3 Å². The predicted molar refractivity (Wildman–Crippen MR) is 39.6 cm³/mol. The largest absolute Gasteiger partial charge is 0.462 e. The van der Waals surface area contributed by atoms with Crippen LogP contribution in [0.2, 0.25) is 0 Å². The molecule has 3 nitrogen and oxygen atoms in total. The van der Waals surface area contributed by atoms with Crippen LogP contribution >= 0.6 is 0 Å². The molecule has 0 aliphatic heterocycles. The normalized spacial score (nSPS) is 10.8. The molecule has 74 valence electrons. The van der Waals surface area contributed by atoms with Crippen LogP contribution in [-0.4, -0.2) is 24.5 Å². The Labute approximate surface area is 72.7 Å². The van der Waals surface area contributed by atoms with Crippen molar-refractivity contribution in [3.63, 3.8) is 0 Å². The number of halogens is 3. The second-order valence-corrected chi connectivity index (χ2v) is 2.07. The Morgan fingerprint density at radius 2 is 2.00 bits per heavy atom. The van der Waals surface area contributed by atoms with Gasteiger partial charge in [-0.05, 0) is 6.92 Å². The third kappa shape index (κ3) is 3.27. The van der Waals surface area contributed by atoms with E-state index in [1.807, 2.05) is 0 Å². The number of carbonyl (C=O) groups is 1. The number of rotatable bonds is 3. The Hall–Kier alpha value is -1.33. The first-order valence-electron chi connectivity index (χ1n) is 3.32. The summed E-state index contributed by atoms with van der Waals surface area (Å²) in [6.07, 6.45) is -4.86. The maximum absolute atomic E-state index is 11.8. The van der Waals surface area contributed by atoms with Gasteiger partial charge in [-0.15, -0.1) is 0 Å². The van der Waals surface area contributed by atoms with E-state index in [1.165, 1.54) is 6.92 Å². The zero-order valence-electron chi connectivity index (χ0n) is 6.86. The maximum atomic E-state index is 11.8. The van der Waals surface area contributed by atoms with Crippen LogP contribution in [0.3, 0.4) is 0 Å². The lowest BCUT2D eigenvalue weighted by Crippen LogP contribution is -2.27. The highest BCUT2D eigenvalue weighted by atomic mass is 19.4. The molecule has 0 amide bonds. The van der Waals surface area contributed by atoms with Crippen LogP contribution in [0.5, 0.6) is 0 Å². The van der Waals surface area contributed by atoms with Crippen LogP contribution in [0.25, 0.3) is 0 Å². The molecule has 0 rings (SSSR count). The average Bonchev–Trinajstić information content (AvgIpc) is 2.00. The van der Waals surface area contributed by atoms with Gasteiger partial charge in [0.2, 0.25) is 0 Å². The quantitative estimate of drug-likeness (QED) is 0.423. The van der Waals surface area contributed by atoms with Crippen LogP contribution in [0, 0.1) is 5.41 Å². The molecule has 0 atom stereocenters. The molecule has 6 heteroatoms. The Kier molecular flexibility index (Phi) is 3.65. The molecule has 0 spiro atoms. The first kappa shape index (κ1) is 11.7. The molecular formula is C7H8F3NO2. The SMILES string of the molecule is C=C(C(=N)C(F)(F)F)C(=O)OCC. The molecule has 0 aliphatic rings. The van der Waals surface area contributed by atoms with E-state index in [0.29, 0.717) is 0 Å². The Balaban J connectivity index is 4.45. The molecule has 0 saturated heterocycles. The first-order chi connectivity index (χ1) is 5.80. The fourth-order valence-corrected chi connectivity index (χ4v) is 0.491. The summed E-state index contributed by atoms with van der Waals surface area (Å²) in [7, 11) is 0. The smallest absolute Gasteiger partial charge is 0.433 e. The summed E-state index contributed by atoms with van der Waals surface area (Å²) in [6, 6.07) is 0. The van der Waals surface area contributed by atoms with Crippen LogP contribution in [0.4, 0.5) is 13.2 Å². The van der Waals surface area contributed by atoms with Gasteiger partial charge in [0, 0.05) is 0 Å². The molecule has 0 fully saturated rings. The van der Waals surface area contributed by atoms with Crippen molar-refractivity contribution in [3.8, 4) is 0 Å². The highest BCUT2D eigenvalue weighted by molar-refractivity contribution is 6.20. The van der Waals surface area contributed by atoms with Crippen LogP contribution in [0.1, 0.15) is 6.92 Å². The average molecular weight is 195 g/mol. The minimum Gasteiger partial charge on any atom is -0.462 e. The van der Waals surface area contributed by atoms with Crippen molar-refractivity contribution in [2.24, 2.45) is 0 Å². The summed E-state index contributed by atoms with van der Waals surface area (Å²) in [6.45, 7) is 4.21. The lowest BCUT2D eigenvalue weighted by atomic mass is 10.2. The third-order valence-corrected chi connectivity index (χ3v) is 1.11. The number of carbonyl (C=O) groups excluding carboxylic acids is 1.